The molecule has 0 aliphatic heterocycles. The van der Waals surface area contributed by atoms with Crippen molar-refractivity contribution in [1.82, 2.24) is 0 Å². The van der Waals surface area contributed by atoms with E-state index in [4.69, 9.17) is 15.6 Å². The van der Waals surface area contributed by atoms with Crippen LogP contribution in [0, 0.1) is 0 Å². The number of ether oxygens (including phenoxy) is 1. The molecule has 0 saturated heterocycles. The Hall–Kier alpha value is -1.71. The van der Waals surface area contributed by atoms with Gasteiger partial charge in [0.25, 0.3) is 0 Å². The second-order valence-electron chi connectivity index (χ2n) is 4.27. The highest BCUT2D eigenvalue weighted by molar-refractivity contribution is 5.93. The van der Waals surface area contributed by atoms with Gasteiger partial charge in [0.15, 0.2) is 0 Å². The van der Waals surface area contributed by atoms with Crippen molar-refractivity contribution in [3.8, 4) is 5.75 Å². The average Bonchev–Trinajstić information content (AvgIpc) is 1.99. The van der Waals surface area contributed by atoms with Gasteiger partial charge < -0.3 is 15.6 Å². The third-order valence-corrected chi connectivity index (χ3v) is 1.68. The highest BCUT2D eigenvalue weighted by Gasteiger charge is 2.14. The number of anilines is 1. The van der Waals surface area contributed by atoms with E-state index in [1.54, 1.807) is 6.07 Å². The zero-order valence-electron chi connectivity index (χ0n) is 9.07. The van der Waals surface area contributed by atoms with Crippen molar-refractivity contribution in [2.75, 3.05) is 5.73 Å². The van der Waals surface area contributed by atoms with Gasteiger partial charge >= 0.3 is 5.97 Å². The molecule has 0 saturated carbocycles. The van der Waals surface area contributed by atoms with Crippen molar-refractivity contribution < 1.29 is 14.6 Å². The molecular formula is C11H15NO3. The first-order valence-corrected chi connectivity index (χ1v) is 4.61. The monoisotopic (exact) mass is 209 g/mol. The van der Waals surface area contributed by atoms with Gasteiger partial charge in [-0.15, -0.1) is 0 Å². The number of rotatable bonds is 2. The molecule has 15 heavy (non-hydrogen) atoms. The normalized spacial score (nSPS) is 11.1. The van der Waals surface area contributed by atoms with Crippen LogP contribution in [-0.2, 0) is 0 Å². The summed E-state index contributed by atoms with van der Waals surface area (Å²) in [6.45, 7) is 5.73. The van der Waals surface area contributed by atoms with Crippen LogP contribution >= 0.6 is 0 Å². The summed E-state index contributed by atoms with van der Waals surface area (Å²) in [4.78, 5) is 10.7. The Bertz CT molecular complexity index is 380. The number of carboxylic acid groups (broad SMARTS) is 1. The van der Waals surface area contributed by atoms with Crippen LogP contribution in [0.1, 0.15) is 31.1 Å². The van der Waals surface area contributed by atoms with Gasteiger partial charge in [-0.25, -0.2) is 4.79 Å². The van der Waals surface area contributed by atoms with Gasteiger partial charge in [0.05, 0.1) is 5.56 Å². The third kappa shape index (κ3) is 3.16. The number of hydrogen-bond acceptors (Lipinski definition) is 3. The van der Waals surface area contributed by atoms with E-state index in [2.05, 4.69) is 0 Å². The number of carboxylic acids is 1. The van der Waals surface area contributed by atoms with Crippen molar-refractivity contribution in [3.05, 3.63) is 23.8 Å². The Kier molecular flexibility index (Phi) is 2.88. The molecule has 0 atom stereocenters. The summed E-state index contributed by atoms with van der Waals surface area (Å²) >= 11 is 0. The van der Waals surface area contributed by atoms with Crippen LogP contribution in [0.4, 0.5) is 5.69 Å². The van der Waals surface area contributed by atoms with Crippen LogP contribution in [0.15, 0.2) is 18.2 Å². The van der Waals surface area contributed by atoms with Crippen molar-refractivity contribution in [2.45, 2.75) is 26.4 Å². The molecule has 3 N–H and O–H groups in total. The molecule has 0 aliphatic carbocycles. The van der Waals surface area contributed by atoms with Gasteiger partial charge in [0, 0.05) is 11.8 Å². The summed E-state index contributed by atoms with van der Waals surface area (Å²) in [7, 11) is 0. The first-order valence-electron chi connectivity index (χ1n) is 4.61. The van der Waals surface area contributed by atoms with E-state index in [1.807, 2.05) is 20.8 Å². The third-order valence-electron chi connectivity index (χ3n) is 1.68. The van der Waals surface area contributed by atoms with Crippen LogP contribution in [0.2, 0.25) is 0 Å². The zero-order valence-corrected chi connectivity index (χ0v) is 9.07. The number of hydrogen-bond donors (Lipinski definition) is 2. The number of nitrogens with two attached hydrogens (primary N) is 1. The van der Waals surface area contributed by atoms with E-state index in [9.17, 15) is 4.79 Å². The summed E-state index contributed by atoms with van der Waals surface area (Å²) < 4.78 is 5.54. The van der Waals surface area contributed by atoms with Gasteiger partial charge in [-0.05, 0) is 32.9 Å². The first kappa shape index (κ1) is 11.4. The van der Waals surface area contributed by atoms with Gasteiger partial charge in [-0.2, -0.15) is 0 Å². The number of benzene rings is 1. The summed E-state index contributed by atoms with van der Waals surface area (Å²) in [5.41, 5.74) is 5.56. The van der Waals surface area contributed by atoms with Crippen LogP contribution in [-0.4, -0.2) is 16.7 Å². The van der Waals surface area contributed by atoms with E-state index in [-0.39, 0.29) is 16.9 Å². The topological polar surface area (TPSA) is 72.5 Å². The highest BCUT2D eigenvalue weighted by Crippen LogP contribution is 2.23. The van der Waals surface area contributed by atoms with E-state index in [0.717, 1.165) is 0 Å². The summed E-state index contributed by atoms with van der Waals surface area (Å²) in [5, 5.41) is 8.77. The van der Waals surface area contributed by atoms with E-state index in [1.165, 1.54) is 12.1 Å². The van der Waals surface area contributed by atoms with Crippen LogP contribution in [0.5, 0.6) is 5.75 Å². The molecule has 0 spiro atoms. The predicted molar refractivity (Wildman–Crippen MR) is 58.2 cm³/mol. The largest absolute Gasteiger partial charge is 0.488 e. The summed E-state index contributed by atoms with van der Waals surface area (Å²) in [6.07, 6.45) is 0. The Morgan fingerprint density at radius 3 is 2.40 bits per heavy atom. The molecular weight excluding hydrogens is 194 g/mol. The van der Waals surface area contributed by atoms with Crippen LogP contribution in [0.25, 0.3) is 0 Å². The summed E-state index contributed by atoms with van der Waals surface area (Å²) in [5.74, 6) is -0.459. The lowest BCUT2D eigenvalue weighted by molar-refractivity contribution is 0.0698. The van der Waals surface area contributed by atoms with Crippen molar-refractivity contribution in [3.63, 3.8) is 0 Å². The van der Waals surface area contributed by atoms with E-state index >= 15 is 0 Å². The lowest BCUT2D eigenvalue weighted by Gasteiger charge is -2.21. The Morgan fingerprint density at radius 2 is 2.00 bits per heavy atom. The fourth-order valence-corrected chi connectivity index (χ4v) is 1.15. The molecule has 0 amide bonds. The molecule has 0 aliphatic rings. The van der Waals surface area contributed by atoms with Gasteiger partial charge in [0.1, 0.15) is 11.4 Å². The SMILES string of the molecule is CC(C)(C)Oc1ccc(C(=O)O)c(N)c1. The molecule has 1 aromatic carbocycles. The molecule has 0 fully saturated rings. The molecule has 0 aromatic heterocycles. The van der Waals surface area contributed by atoms with Gasteiger partial charge in [-0.3, -0.25) is 0 Å². The molecule has 4 nitrogen and oxygen atoms in total. The lowest BCUT2D eigenvalue weighted by Crippen LogP contribution is -2.23. The summed E-state index contributed by atoms with van der Waals surface area (Å²) in [6, 6.07) is 4.57. The van der Waals surface area contributed by atoms with Crippen molar-refractivity contribution in [1.29, 1.82) is 0 Å². The maximum atomic E-state index is 10.7. The molecule has 4 heteroatoms. The fraction of sp³-hybridized carbons (Fsp3) is 0.364. The maximum absolute atomic E-state index is 10.7. The molecule has 0 unspecified atom stereocenters. The van der Waals surface area contributed by atoms with Crippen molar-refractivity contribution in [2.24, 2.45) is 0 Å². The maximum Gasteiger partial charge on any atom is 0.337 e. The second-order valence-corrected chi connectivity index (χ2v) is 4.27. The van der Waals surface area contributed by atoms with Gasteiger partial charge in [-0.1, -0.05) is 0 Å². The molecule has 0 heterocycles. The quantitative estimate of drug-likeness (QED) is 0.732. The van der Waals surface area contributed by atoms with Crippen molar-refractivity contribution >= 4 is 11.7 Å². The highest BCUT2D eigenvalue weighted by atomic mass is 16.5. The first-order chi connectivity index (χ1) is 6.79. The molecule has 1 rings (SSSR count). The van der Waals surface area contributed by atoms with Crippen LogP contribution in [0.3, 0.4) is 0 Å². The zero-order chi connectivity index (χ0) is 11.6. The van der Waals surface area contributed by atoms with E-state index in [0.29, 0.717) is 5.75 Å². The number of aromatic carboxylic acids is 1. The van der Waals surface area contributed by atoms with E-state index < -0.39 is 5.97 Å². The minimum absolute atomic E-state index is 0.0938. The minimum Gasteiger partial charge on any atom is -0.488 e. The second kappa shape index (κ2) is 3.81. The minimum atomic E-state index is -1.03. The fourth-order valence-electron chi connectivity index (χ4n) is 1.15. The molecule has 82 valence electrons. The Balaban J connectivity index is 2.97. The number of nitrogen functional groups attached to an aromatic ring is 1. The Labute approximate surface area is 88.7 Å². The Morgan fingerprint density at radius 1 is 1.40 bits per heavy atom. The van der Waals surface area contributed by atoms with Gasteiger partial charge in [0.2, 0.25) is 0 Å². The molecule has 0 bridgehead atoms. The molecule has 1 aromatic rings. The average molecular weight is 209 g/mol. The standard InChI is InChI=1S/C11H15NO3/c1-11(2,3)15-7-4-5-8(10(13)14)9(12)6-7/h4-6H,12H2,1-3H3,(H,13,14). The van der Waals surface area contributed by atoms with Crippen LogP contribution < -0.4 is 10.5 Å². The lowest BCUT2D eigenvalue weighted by atomic mass is 10.1. The number of carbonyl (C=O) groups is 1. The molecule has 0 radical (unpaired) electrons. The predicted octanol–water partition coefficient (Wildman–Crippen LogP) is 2.14. The smallest absolute Gasteiger partial charge is 0.337 e.